The number of nitrogens with zero attached hydrogens (tertiary/aromatic N) is 1. The maximum atomic E-state index is 13.6. The third-order valence-corrected chi connectivity index (χ3v) is 7.89. The highest BCUT2D eigenvalue weighted by molar-refractivity contribution is 7.90. The molecule has 0 radical (unpaired) electrons. The Kier molecular flexibility index (Phi) is 6.33. The molecule has 1 heterocycles. The number of nitrogens with one attached hydrogen (secondary N) is 1. The molecule has 34 heavy (non-hydrogen) atoms. The fraction of sp³-hybridized carbons (Fsp3) is 0.440. The zero-order valence-corrected chi connectivity index (χ0v) is 20.2. The lowest BCUT2D eigenvalue weighted by atomic mass is 9.96. The Balaban J connectivity index is 1.85. The van der Waals surface area contributed by atoms with Gasteiger partial charge >= 0.3 is 6.18 Å². The second-order valence-corrected chi connectivity index (χ2v) is 12.1. The van der Waals surface area contributed by atoms with Crippen LogP contribution < -0.4 is 4.72 Å². The molecule has 1 aliphatic carbocycles. The first-order chi connectivity index (χ1) is 15.8. The van der Waals surface area contributed by atoms with E-state index < -0.39 is 39.7 Å². The van der Waals surface area contributed by atoms with E-state index in [1.807, 2.05) is 25.3 Å². The van der Waals surface area contributed by atoms with Gasteiger partial charge in [0.05, 0.1) is 23.5 Å². The summed E-state index contributed by atoms with van der Waals surface area (Å²) >= 11 is 0. The van der Waals surface area contributed by atoms with E-state index in [9.17, 15) is 26.7 Å². The molecule has 3 aromatic rings. The second kappa shape index (κ2) is 8.70. The lowest BCUT2D eigenvalue weighted by Gasteiger charge is -2.20. The molecule has 5 nitrogen and oxygen atoms in total. The number of hydrogen-bond donors (Lipinski definition) is 2. The second-order valence-electron chi connectivity index (χ2n) is 10.1. The van der Waals surface area contributed by atoms with E-state index >= 15 is 0 Å². The molecule has 1 unspecified atom stereocenters. The van der Waals surface area contributed by atoms with E-state index in [1.165, 1.54) is 12.1 Å². The molecule has 4 rings (SSSR count). The fourth-order valence-corrected chi connectivity index (χ4v) is 5.81. The van der Waals surface area contributed by atoms with Crippen LogP contribution in [-0.4, -0.2) is 29.9 Å². The van der Waals surface area contributed by atoms with E-state index in [2.05, 4.69) is 4.72 Å². The smallest absolute Gasteiger partial charge is 0.394 e. The summed E-state index contributed by atoms with van der Waals surface area (Å²) < 4.78 is 70.5. The number of rotatable bonds is 7. The normalized spacial score (nSPS) is 16.2. The van der Waals surface area contributed by atoms with Crippen LogP contribution in [0.15, 0.2) is 48.7 Å². The molecular weight excluding hydrogens is 465 g/mol. The zero-order chi connectivity index (χ0) is 24.9. The van der Waals surface area contributed by atoms with Crippen LogP contribution >= 0.6 is 0 Å². The van der Waals surface area contributed by atoms with Gasteiger partial charge in [0.2, 0.25) is 10.0 Å². The Morgan fingerprint density at radius 1 is 1.12 bits per heavy atom. The van der Waals surface area contributed by atoms with Gasteiger partial charge in [-0.25, -0.2) is 13.1 Å². The van der Waals surface area contributed by atoms with E-state index in [0.29, 0.717) is 41.4 Å². The number of benzene rings is 2. The molecule has 1 aliphatic rings. The molecule has 0 amide bonds. The Morgan fingerprint density at radius 3 is 2.38 bits per heavy atom. The summed E-state index contributed by atoms with van der Waals surface area (Å²) in [5, 5.41) is 10.3. The third kappa shape index (κ3) is 5.16. The van der Waals surface area contributed by atoms with Crippen LogP contribution in [0.2, 0.25) is 0 Å². The van der Waals surface area contributed by atoms with E-state index in [-0.39, 0.29) is 11.0 Å². The molecule has 9 heteroatoms. The minimum Gasteiger partial charge on any atom is -0.394 e. The molecule has 2 N–H and O–H groups in total. The maximum Gasteiger partial charge on any atom is 0.417 e. The number of aliphatic hydroxyl groups excluding tert-OH is 1. The third-order valence-electron chi connectivity index (χ3n) is 5.93. The molecular formula is C25H29F3N2O3S. The van der Waals surface area contributed by atoms with Gasteiger partial charge in [-0.1, -0.05) is 51.1 Å². The van der Waals surface area contributed by atoms with Gasteiger partial charge in [0.1, 0.15) is 0 Å². The Bertz CT molecular complexity index is 1300. The first-order valence-corrected chi connectivity index (χ1v) is 12.8. The van der Waals surface area contributed by atoms with Crippen molar-refractivity contribution < 1.29 is 26.7 Å². The summed E-state index contributed by atoms with van der Waals surface area (Å²) in [4.78, 5) is 0. The van der Waals surface area contributed by atoms with Crippen molar-refractivity contribution in [1.82, 2.24) is 9.29 Å². The SMILES string of the molecule is CC(C)(C)Cn1cc(C(CO)NS(=O)(=O)C2CC2)c2ccc(-c3ccccc3C(F)(F)F)cc21. The standard InChI is InChI=1S/C25H29F3N2O3S/c1-24(2,3)15-30-13-20(22(14-31)29-34(32,33)17-9-10-17)19-11-8-16(12-23(19)30)18-6-4-5-7-21(18)25(26,27)28/h4-8,11-13,17,22,29,31H,9-10,14-15H2,1-3H3. The van der Waals surface area contributed by atoms with E-state index in [4.69, 9.17) is 0 Å². The summed E-state index contributed by atoms with van der Waals surface area (Å²) in [5.74, 6) is 0. The minimum atomic E-state index is -4.49. The van der Waals surface area contributed by atoms with Crippen molar-refractivity contribution >= 4 is 20.9 Å². The summed E-state index contributed by atoms with van der Waals surface area (Å²) in [6, 6.07) is 9.63. The molecule has 0 spiro atoms. The lowest BCUT2D eigenvalue weighted by molar-refractivity contribution is -0.137. The fourth-order valence-electron chi connectivity index (χ4n) is 4.26. The van der Waals surface area contributed by atoms with Gasteiger partial charge in [0.15, 0.2) is 0 Å². The lowest BCUT2D eigenvalue weighted by Crippen LogP contribution is -2.33. The molecule has 0 bridgehead atoms. The number of sulfonamides is 1. The predicted molar refractivity (Wildman–Crippen MR) is 127 cm³/mol. The molecule has 1 fully saturated rings. The topological polar surface area (TPSA) is 71.3 Å². The van der Waals surface area contributed by atoms with Crippen LogP contribution in [0.25, 0.3) is 22.0 Å². The Labute approximate surface area is 197 Å². The minimum absolute atomic E-state index is 0.0788. The predicted octanol–water partition coefficient (Wildman–Crippen LogP) is 5.49. The highest BCUT2D eigenvalue weighted by Crippen LogP contribution is 2.39. The highest BCUT2D eigenvalue weighted by atomic mass is 32.2. The molecule has 0 saturated heterocycles. The first-order valence-electron chi connectivity index (χ1n) is 11.2. The summed E-state index contributed by atoms with van der Waals surface area (Å²) in [6.07, 6.45) is -1.50. The average molecular weight is 495 g/mol. The summed E-state index contributed by atoms with van der Waals surface area (Å²) in [6.45, 7) is 6.25. The monoisotopic (exact) mass is 494 g/mol. The number of fused-ring (bicyclic) bond motifs is 1. The first kappa shape index (κ1) is 24.8. The van der Waals surface area contributed by atoms with Crippen LogP contribution in [0, 0.1) is 5.41 Å². The van der Waals surface area contributed by atoms with Crippen molar-refractivity contribution in [3.05, 3.63) is 59.8 Å². The number of alkyl halides is 3. The molecule has 1 aromatic heterocycles. The molecule has 1 atom stereocenters. The van der Waals surface area contributed by atoms with Gasteiger partial charge in [-0.15, -0.1) is 0 Å². The van der Waals surface area contributed by atoms with Crippen LogP contribution in [0.4, 0.5) is 13.2 Å². The Morgan fingerprint density at radius 2 is 1.79 bits per heavy atom. The number of hydrogen-bond acceptors (Lipinski definition) is 3. The van der Waals surface area contributed by atoms with Gasteiger partial charge in [-0.05, 0) is 47.1 Å². The molecule has 184 valence electrons. The molecule has 2 aromatic carbocycles. The van der Waals surface area contributed by atoms with Gasteiger partial charge in [0.25, 0.3) is 0 Å². The number of aliphatic hydroxyl groups is 1. The van der Waals surface area contributed by atoms with Crippen LogP contribution in [0.3, 0.4) is 0 Å². The average Bonchev–Trinajstić information content (AvgIpc) is 3.55. The largest absolute Gasteiger partial charge is 0.417 e. The van der Waals surface area contributed by atoms with Gasteiger partial charge in [-0.2, -0.15) is 13.2 Å². The zero-order valence-electron chi connectivity index (χ0n) is 19.4. The van der Waals surface area contributed by atoms with E-state index in [0.717, 1.165) is 6.07 Å². The summed E-state index contributed by atoms with van der Waals surface area (Å²) in [5.41, 5.74) is 0.916. The van der Waals surface area contributed by atoms with Gasteiger partial charge in [-0.3, -0.25) is 0 Å². The van der Waals surface area contributed by atoms with Crippen molar-refractivity contribution in [2.45, 2.75) is 57.6 Å². The van der Waals surface area contributed by atoms with Crippen molar-refractivity contribution in [1.29, 1.82) is 0 Å². The summed E-state index contributed by atoms with van der Waals surface area (Å²) in [7, 11) is -3.56. The van der Waals surface area contributed by atoms with Crippen molar-refractivity contribution in [3.8, 4) is 11.1 Å². The van der Waals surface area contributed by atoms with Crippen LogP contribution in [-0.2, 0) is 22.7 Å². The molecule has 1 saturated carbocycles. The number of halogens is 3. The van der Waals surface area contributed by atoms with Crippen molar-refractivity contribution in [3.63, 3.8) is 0 Å². The van der Waals surface area contributed by atoms with Crippen molar-refractivity contribution in [2.75, 3.05) is 6.61 Å². The van der Waals surface area contributed by atoms with Crippen LogP contribution in [0.5, 0.6) is 0 Å². The highest BCUT2D eigenvalue weighted by Gasteiger charge is 2.38. The van der Waals surface area contributed by atoms with Crippen LogP contribution in [0.1, 0.15) is 50.8 Å². The molecule has 0 aliphatic heterocycles. The maximum absolute atomic E-state index is 13.6. The van der Waals surface area contributed by atoms with Gasteiger partial charge < -0.3 is 9.67 Å². The Hall–Kier alpha value is -2.36. The quantitative estimate of drug-likeness (QED) is 0.456. The van der Waals surface area contributed by atoms with E-state index in [1.54, 1.807) is 30.5 Å². The van der Waals surface area contributed by atoms with Crippen molar-refractivity contribution in [2.24, 2.45) is 5.41 Å². The van der Waals surface area contributed by atoms with Gasteiger partial charge in [0, 0.05) is 23.6 Å². The number of aromatic nitrogens is 1.